The van der Waals surface area contributed by atoms with Crippen LogP contribution in [0.2, 0.25) is 0 Å². The van der Waals surface area contributed by atoms with E-state index in [1.165, 1.54) is 4.90 Å². The van der Waals surface area contributed by atoms with Gasteiger partial charge in [-0.1, -0.05) is 11.3 Å². The molecule has 0 aliphatic carbocycles. The van der Waals surface area contributed by atoms with Gasteiger partial charge >= 0.3 is 0 Å². The summed E-state index contributed by atoms with van der Waals surface area (Å²) in [7, 11) is 1.64. The van der Waals surface area contributed by atoms with Gasteiger partial charge in [0, 0.05) is 16.3 Å². The summed E-state index contributed by atoms with van der Waals surface area (Å²) in [6, 6.07) is 5.52. The number of rotatable bonds is 2. The maximum Gasteiger partial charge on any atom is 0.174 e. The molecule has 2 aromatic rings. The Labute approximate surface area is 90.5 Å². The number of thioether (sulfide) groups is 1. The van der Waals surface area contributed by atoms with Crippen LogP contribution in [0.4, 0.5) is 0 Å². The highest BCUT2D eigenvalue weighted by Crippen LogP contribution is 2.41. The molecule has 4 heteroatoms. The van der Waals surface area contributed by atoms with Crippen LogP contribution in [-0.4, -0.2) is 18.5 Å². The average Bonchev–Trinajstić information content (AvgIpc) is 2.63. The minimum absolute atomic E-state index is 0.317. The molecule has 1 heterocycles. The maximum atomic E-state index is 9.64. The lowest BCUT2D eigenvalue weighted by Crippen LogP contribution is -1.73. The fourth-order valence-electron chi connectivity index (χ4n) is 1.32. The molecule has 0 bridgehead atoms. The van der Waals surface area contributed by atoms with Crippen LogP contribution >= 0.6 is 23.1 Å². The van der Waals surface area contributed by atoms with E-state index >= 15 is 0 Å². The molecular formula is C10H10O2S2. The van der Waals surface area contributed by atoms with Crippen molar-refractivity contribution in [1.29, 1.82) is 0 Å². The number of methoxy groups -OCH3 is 1. The van der Waals surface area contributed by atoms with Gasteiger partial charge in [-0.25, -0.2) is 0 Å². The van der Waals surface area contributed by atoms with Crippen molar-refractivity contribution in [3.63, 3.8) is 0 Å². The molecule has 0 fully saturated rings. The summed E-state index contributed by atoms with van der Waals surface area (Å²) < 4.78 is 6.24. The van der Waals surface area contributed by atoms with Gasteiger partial charge in [-0.2, -0.15) is 0 Å². The number of ether oxygens (including phenoxy) is 1. The van der Waals surface area contributed by atoms with E-state index in [0.29, 0.717) is 5.75 Å². The molecule has 14 heavy (non-hydrogen) atoms. The van der Waals surface area contributed by atoms with Gasteiger partial charge in [-0.15, -0.1) is 11.8 Å². The second-order valence-corrected chi connectivity index (χ2v) is 4.66. The molecule has 0 amide bonds. The lowest BCUT2D eigenvalue weighted by atomic mass is 10.2. The van der Waals surface area contributed by atoms with Gasteiger partial charge in [-0.05, 0) is 18.4 Å². The van der Waals surface area contributed by atoms with Crippen LogP contribution in [0.15, 0.2) is 23.1 Å². The molecule has 1 aromatic carbocycles. The Morgan fingerprint density at radius 2 is 2.21 bits per heavy atom. The summed E-state index contributed by atoms with van der Waals surface area (Å²) in [5.41, 5.74) is 0. The first-order chi connectivity index (χ1) is 6.76. The van der Waals surface area contributed by atoms with Gasteiger partial charge in [0.15, 0.2) is 5.06 Å². The van der Waals surface area contributed by atoms with Crippen molar-refractivity contribution in [3.8, 4) is 10.8 Å². The van der Waals surface area contributed by atoms with Crippen LogP contribution in [0.5, 0.6) is 10.8 Å². The Morgan fingerprint density at radius 1 is 1.43 bits per heavy atom. The summed E-state index contributed by atoms with van der Waals surface area (Å²) >= 11 is 3.23. The third-order valence-electron chi connectivity index (χ3n) is 2.02. The van der Waals surface area contributed by atoms with E-state index < -0.39 is 0 Å². The van der Waals surface area contributed by atoms with Crippen LogP contribution in [0.1, 0.15) is 0 Å². The summed E-state index contributed by atoms with van der Waals surface area (Å²) in [5, 5.41) is 11.3. The third kappa shape index (κ3) is 1.44. The van der Waals surface area contributed by atoms with Gasteiger partial charge in [0.05, 0.1) is 11.8 Å². The lowest BCUT2D eigenvalue weighted by molar-refractivity contribution is 0.427. The molecule has 0 aliphatic heterocycles. The van der Waals surface area contributed by atoms with Crippen molar-refractivity contribution >= 4 is 33.2 Å². The first-order valence-electron chi connectivity index (χ1n) is 4.09. The zero-order chi connectivity index (χ0) is 10.1. The second kappa shape index (κ2) is 3.71. The average molecular weight is 226 g/mol. The summed E-state index contributed by atoms with van der Waals surface area (Å²) in [6.07, 6.45) is 2.03. The largest absolute Gasteiger partial charge is 0.507 e. The van der Waals surface area contributed by atoms with Crippen LogP contribution in [0.25, 0.3) is 10.1 Å². The Bertz CT molecular complexity index is 462. The molecule has 1 N–H and O–H groups in total. The van der Waals surface area contributed by atoms with E-state index in [4.69, 9.17) is 4.74 Å². The molecular weight excluding hydrogens is 216 g/mol. The topological polar surface area (TPSA) is 29.5 Å². The molecule has 0 spiro atoms. The molecule has 0 radical (unpaired) electrons. The molecule has 0 saturated heterocycles. The minimum Gasteiger partial charge on any atom is -0.507 e. The first kappa shape index (κ1) is 9.68. The summed E-state index contributed by atoms with van der Waals surface area (Å²) in [6.45, 7) is 0. The molecule has 2 nitrogen and oxygen atoms in total. The number of aromatic hydroxyl groups is 1. The molecule has 0 aliphatic rings. The number of thiophene rings is 1. The van der Waals surface area contributed by atoms with E-state index in [0.717, 1.165) is 15.1 Å². The van der Waals surface area contributed by atoms with Gasteiger partial charge in [0.2, 0.25) is 0 Å². The lowest BCUT2D eigenvalue weighted by Gasteiger charge is -1.99. The van der Waals surface area contributed by atoms with Crippen LogP contribution in [-0.2, 0) is 0 Å². The van der Waals surface area contributed by atoms with Crippen LogP contribution < -0.4 is 4.74 Å². The van der Waals surface area contributed by atoms with Crippen molar-refractivity contribution in [2.24, 2.45) is 0 Å². The Morgan fingerprint density at radius 3 is 2.86 bits per heavy atom. The van der Waals surface area contributed by atoms with Crippen molar-refractivity contribution in [1.82, 2.24) is 0 Å². The van der Waals surface area contributed by atoms with E-state index in [2.05, 4.69) is 0 Å². The predicted octanol–water partition coefficient (Wildman–Crippen LogP) is 3.34. The quantitative estimate of drug-likeness (QED) is 0.796. The van der Waals surface area contributed by atoms with Crippen molar-refractivity contribution in [3.05, 3.63) is 18.2 Å². The summed E-state index contributed by atoms with van der Waals surface area (Å²) in [4.78, 5) is 1.17. The number of hydrogen-bond donors (Lipinski definition) is 1. The Balaban J connectivity index is 2.74. The maximum absolute atomic E-state index is 9.64. The predicted molar refractivity (Wildman–Crippen MR) is 61.8 cm³/mol. The van der Waals surface area contributed by atoms with E-state index in [1.807, 2.05) is 18.4 Å². The standard InChI is InChI=1S/C10H10O2S2/c1-12-9-5-6-7(11)3-4-8(13-2)10(6)14-9/h3-5,11H,1-2H3. The van der Waals surface area contributed by atoms with E-state index in [-0.39, 0.29) is 0 Å². The summed E-state index contributed by atoms with van der Waals surface area (Å²) in [5.74, 6) is 0.317. The number of phenols is 1. The molecule has 0 unspecified atom stereocenters. The number of benzene rings is 1. The molecule has 0 atom stereocenters. The Hall–Kier alpha value is -0.870. The highest BCUT2D eigenvalue weighted by molar-refractivity contribution is 7.99. The van der Waals surface area contributed by atoms with Gasteiger partial charge < -0.3 is 9.84 Å². The van der Waals surface area contributed by atoms with E-state index in [1.54, 1.807) is 36.3 Å². The number of hydrogen-bond acceptors (Lipinski definition) is 4. The SMILES string of the molecule is COc1cc2c(O)ccc(SC)c2s1. The van der Waals surface area contributed by atoms with Crippen LogP contribution in [0.3, 0.4) is 0 Å². The van der Waals surface area contributed by atoms with Crippen molar-refractivity contribution in [2.45, 2.75) is 4.90 Å². The highest BCUT2D eigenvalue weighted by atomic mass is 32.2. The van der Waals surface area contributed by atoms with Gasteiger partial charge in [0.25, 0.3) is 0 Å². The zero-order valence-corrected chi connectivity index (χ0v) is 9.54. The number of phenolic OH excluding ortho intramolecular Hbond substituents is 1. The molecule has 1 aromatic heterocycles. The third-order valence-corrected chi connectivity index (χ3v) is 4.06. The van der Waals surface area contributed by atoms with Crippen molar-refractivity contribution < 1.29 is 9.84 Å². The molecule has 74 valence electrons. The molecule has 2 rings (SSSR count). The fraction of sp³-hybridized carbons (Fsp3) is 0.200. The number of fused-ring (bicyclic) bond motifs is 1. The zero-order valence-electron chi connectivity index (χ0n) is 7.90. The molecule has 0 saturated carbocycles. The first-order valence-corrected chi connectivity index (χ1v) is 6.14. The smallest absolute Gasteiger partial charge is 0.174 e. The van der Waals surface area contributed by atoms with Gasteiger partial charge in [0.1, 0.15) is 5.75 Å². The fourth-order valence-corrected chi connectivity index (χ4v) is 3.10. The second-order valence-electron chi connectivity index (χ2n) is 2.80. The van der Waals surface area contributed by atoms with Crippen molar-refractivity contribution in [2.75, 3.05) is 13.4 Å². The normalized spacial score (nSPS) is 10.7. The Kier molecular flexibility index (Phi) is 2.56. The minimum atomic E-state index is 0.317. The van der Waals surface area contributed by atoms with Crippen LogP contribution in [0, 0.1) is 0 Å². The van der Waals surface area contributed by atoms with Gasteiger partial charge in [-0.3, -0.25) is 0 Å². The monoisotopic (exact) mass is 226 g/mol. The van der Waals surface area contributed by atoms with E-state index in [9.17, 15) is 5.11 Å². The highest BCUT2D eigenvalue weighted by Gasteiger charge is 2.09.